The predicted molar refractivity (Wildman–Crippen MR) is 136 cm³/mol. The summed E-state index contributed by atoms with van der Waals surface area (Å²) in [6.07, 6.45) is 3.54. The molecule has 0 saturated heterocycles. The average Bonchev–Trinajstić information content (AvgIpc) is 3.29. The van der Waals surface area contributed by atoms with Crippen LogP contribution in [-0.4, -0.2) is 33.7 Å². The summed E-state index contributed by atoms with van der Waals surface area (Å²) >= 11 is 6.21. The minimum absolute atomic E-state index is 0.124. The van der Waals surface area contributed by atoms with Gasteiger partial charge in [-0.15, -0.1) is 0 Å². The molecule has 8 heteroatoms. The molecule has 186 valence electrons. The SMILES string of the molecule is CCOC(=O)[C@H](O)c1c(C)cn2cc(-c3cccc(Cl)c3)nc2c1-c1cc(F)c2c(c1C)CCCO2. The van der Waals surface area contributed by atoms with E-state index in [1.54, 1.807) is 26.1 Å². The van der Waals surface area contributed by atoms with Gasteiger partial charge in [-0.2, -0.15) is 0 Å². The number of carbonyl (C=O) groups excluding carboxylic acids is 1. The fourth-order valence-corrected chi connectivity index (χ4v) is 5.12. The van der Waals surface area contributed by atoms with Crippen molar-refractivity contribution < 1.29 is 23.8 Å². The molecule has 0 fully saturated rings. The highest BCUT2D eigenvalue weighted by atomic mass is 35.5. The van der Waals surface area contributed by atoms with Crippen LogP contribution in [0.1, 0.15) is 41.7 Å². The lowest BCUT2D eigenvalue weighted by Crippen LogP contribution is -2.18. The lowest BCUT2D eigenvalue weighted by Gasteiger charge is -2.24. The molecule has 0 aliphatic carbocycles. The molecule has 0 saturated carbocycles. The second-order valence-corrected chi connectivity index (χ2v) is 9.35. The third-order valence-corrected chi connectivity index (χ3v) is 6.83. The molecular formula is C28H26ClFN2O4. The molecular weight excluding hydrogens is 483 g/mol. The van der Waals surface area contributed by atoms with Gasteiger partial charge in [0.25, 0.3) is 0 Å². The van der Waals surface area contributed by atoms with Crippen molar-refractivity contribution in [2.75, 3.05) is 13.2 Å². The van der Waals surface area contributed by atoms with Gasteiger partial charge in [0.15, 0.2) is 17.7 Å². The number of fused-ring (bicyclic) bond motifs is 2. The normalized spacial score (nSPS) is 13.8. The molecule has 0 radical (unpaired) electrons. The van der Waals surface area contributed by atoms with Gasteiger partial charge in [0.1, 0.15) is 5.65 Å². The minimum atomic E-state index is -1.56. The molecule has 0 amide bonds. The number of hydrogen-bond donors (Lipinski definition) is 1. The van der Waals surface area contributed by atoms with E-state index < -0.39 is 17.9 Å². The zero-order chi connectivity index (χ0) is 25.6. The molecule has 0 bridgehead atoms. The van der Waals surface area contributed by atoms with E-state index in [1.807, 2.05) is 35.7 Å². The van der Waals surface area contributed by atoms with Crippen LogP contribution in [0.15, 0.2) is 42.7 Å². The van der Waals surface area contributed by atoms with E-state index >= 15 is 4.39 Å². The van der Waals surface area contributed by atoms with Crippen molar-refractivity contribution in [3.05, 3.63) is 75.8 Å². The molecule has 4 aromatic rings. The average molecular weight is 509 g/mol. The highest BCUT2D eigenvalue weighted by Crippen LogP contribution is 2.42. The molecule has 0 unspecified atom stereocenters. The number of aliphatic hydroxyl groups is 1. The summed E-state index contributed by atoms with van der Waals surface area (Å²) in [4.78, 5) is 17.5. The number of pyridine rings is 1. The lowest BCUT2D eigenvalue weighted by molar-refractivity contribution is -0.153. The number of ether oxygens (including phenoxy) is 2. The number of hydrogen-bond acceptors (Lipinski definition) is 5. The monoisotopic (exact) mass is 508 g/mol. The van der Waals surface area contributed by atoms with Crippen LogP contribution in [0.2, 0.25) is 5.02 Å². The van der Waals surface area contributed by atoms with Crippen LogP contribution < -0.4 is 4.74 Å². The van der Waals surface area contributed by atoms with Gasteiger partial charge in [-0.05, 0) is 68.5 Å². The molecule has 1 atom stereocenters. The van der Waals surface area contributed by atoms with Gasteiger partial charge in [-0.25, -0.2) is 14.2 Å². The van der Waals surface area contributed by atoms with E-state index in [-0.39, 0.29) is 12.4 Å². The van der Waals surface area contributed by atoms with E-state index in [2.05, 4.69) is 0 Å². The molecule has 0 spiro atoms. The maximum Gasteiger partial charge on any atom is 0.339 e. The number of carbonyl (C=O) groups is 1. The van der Waals surface area contributed by atoms with Gasteiger partial charge in [-0.3, -0.25) is 0 Å². The topological polar surface area (TPSA) is 73.1 Å². The van der Waals surface area contributed by atoms with Gasteiger partial charge in [0.05, 0.1) is 18.9 Å². The van der Waals surface area contributed by atoms with E-state index in [9.17, 15) is 9.90 Å². The van der Waals surface area contributed by atoms with Crippen molar-refractivity contribution in [1.29, 1.82) is 0 Å². The van der Waals surface area contributed by atoms with Gasteiger partial charge >= 0.3 is 5.97 Å². The maximum atomic E-state index is 15.3. The van der Waals surface area contributed by atoms with Crippen molar-refractivity contribution in [3.63, 3.8) is 0 Å². The van der Waals surface area contributed by atoms with E-state index in [1.165, 1.54) is 6.07 Å². The zero-order valence-electron chi connectivity index (χ0n) is 20.3. The molecule has 6 nitrogen and oxygen atoms in total. The number of aryl methyl sites for hydroxylation is 1. The van der Waals surface area contributed by atoms with Crippen LogP contribution in [0.5, 0.6) is 5.75 Å². The van der Waals surface area contributed by atoms with Gasteiger partial charge in [0, 0.05) is 39.7 Å². The second-order valence-electron chi connectivity index (χ2n) is 8.91. The number of aromatic nitrogens is 2. The van der Waals surface area contributed by atoms with Crippen molar-refractivity contribution in [2.45, 2.75) is 39.7 Å². The highest BCUT2D eigenvalue weighted by Gasteiger charge is 2.30. The molecule has 3 heterocycles. The number of nitrogens with zero attached hydrogens (tertiary/aromatic N) is 2. The second kappa shape index (κ2) is 9.56. The highest BCUT2D eigenvalue weighted by molar-refractivity contribution is 6.30. The van der Waals surface area contributed by atoms with Crippen LogP contribution in [0.4, 0.5) is 4.39 Å². The molecule has 1 aliphatic rings. The third kappa shape index (κ3) is 4.12. The summed E-state index contributed by atoms with van der Waals surface area (Å²) in [5.74, 6) is -0.989. The predicted octanol–water partition coefficient (Wildman–Crippen LogP) is 6.00. The quantitative estimate of drug-likeness (QED) is 0.335. The van der Waals surface area contributed by atoms with Crippen LogP contribution in [-0.2, 0) is 16.0 Å². The standard InChI is InChI=1S/C28H26ClFN2O4/c1-4-35-28(34)25(33)23-15(2)13-32-14-22(17-7-5-8-18(29)11-17)31-27(32)24(23)20-12-21(30)26-19(16(20)3)9-6-10-36-26/h5,7-8,11-14,25,33H,4,6,9-10H2,1-3H3/t25-/m1/s1. The lowest BCUT2D eigenvalue weighted by atomic mass is 9.88. The number of esters is 1. The van der Waals surface area contributed by atoms with Crippen molar-refractivity contribution in [3.8, 4) is 28.1 Å². The van der Waals surface area contributed by atoms with E-state index in [0.29, 0.717) is 51.6 Å². The Balaban J connectivity index is 1.83. The number of imidazole rings is 1. The Kier molecular flexibility index (Phi) is 6.45. The Bertz CT molecular complexity index is 1500. The number of aliphatic hydroxyl groups excluding tert-OH is 1. The Morgan fingerprint density at radius 3 is 2.86 bits per heavy atom. The minimum Gasteiger partial charge on any atom is -0.490 e. The maximum absolute atomic E-state index is 15.3. The molecule has 5 rings (SSSR count). The first kappa shape index (κ1) is 24.3. The number of halogens is 2. The van der Waals surface area contributed by atoms with Crippen LogP contribution in [0.25, 0.3) is 28.0 Å². The first-order valence-electron chi connectivity index (χ1n) is 11.9. The van der Waals surface area contributed by atoms with Crippen LogP contribution in [0, 0.1) is 19.7 Å². The van der Waals surface area contributed by atoms with Crippen molar-refractivity contribution in [2.24, 2.45) is 0 Å². The Morgan fingerprint density at radius 2 is 2.11 bits per heavy atom. The first-order valence-corrected chi connectivity index (χ1v) is 12.3. The van der Waals surface area contributed by atoms with Gasteiger partial charge < -0.3 is 19.0 Å². The van der Waals surface area contributed by atoms with Crippen LogP contribution in [0.3, 0.4) is 0 Å². The summed E-state index contributed by atoms with van der Waals surface area (Å²) in [6.45, 7) is 5.97. The fourth-order valence-electron chi connectivity index (χ4n) is 4.93. The zero-order valence-corrected chi connectivity index (χ0v) is 21.0. The molecule has 36 heavy (non-hydrogen) atoms. The van der Waals surface area contributed by atoms with E-state index in [4.69, 9.17) is 26.1 Å². The molecule has 1 N–H and O–H groups in total. The molecule has 2 aromatic carbocycles. The largest absolute Gasteiger partial charge is 0.490 e. The smallest absolute Gasteiger partial charge is 0.339 e. The Morgan fingerprint density at radius 1 is 1.31 bits per heavy atom. The van der Waals surface area contributed by atoms with E-state index in [0.717, 1.165) is 23.1 Å². The summed E-state index contributed by atoms with van der Waals surface area (Å²) < 4.78 is 27.9. The summed E-state index contributed by atoms with van der Waals surface area (Å²) in [7, 11) is 0. The van der Waals surface area contributed by atoms with Crippen molar-refractivity contribution >= 4 is 23.2 Å². The fraction of sp³-hybridized carbons (Fsp3) is 0.286. The first-order chi connectivity index (χ1) is 17.3. The summed E-state index contributed by atoms with van der Waals surface area (Å²) in [6, 6.07) is 8.74. The Labute approximate surface area is 213 Å². The summed E-state index contributed by atoms with van der Waals surface area (Å²) in [5.41, 5.74) is 5.56. The van der Waals surface area contributed by atoms with Crippen LogP contribution >= 0.6 is 11.6 Å². The third-order valence-electron chi connectivity index (χ3n) is 6.59. The number of benzene rings is 2. The molecule has 1 aliphatic heterocycles. The van der Waals surface area contributed by atoms with Gasteiger partial charge in [-0.1, -0.05) is 23.7 Å². The summed E-state index contributed by atoms with van der Waals surface area (Å²) in [5, 5.41) is 11.7. The Hall–Kier alpha value is -3.42. The number of rotatable bonds is 5. The molecule has 2 aromatic heterocycles. The van der Waals surface area contributed by atoms with Crippen molar-refractivity contribution in [1.82, 2.24) is 9.38 Å². The van der Waals surface area contributed by atoms with Gasteiger partial charge in [0.2, 0.25) is 0 Å².